The van der Waals surface area contributed by atoms with Gasteiger partial charge in [-0.15, -0.1) is 0 Å². The molecule has 4 rings (SSSR count). The monoisotopic (exact) mass is 458 g/mol. The van der Waals surface area contributed by atoms with Crippen molar-refractivity contribution < 1.29 is 9.32 Å². The number of aromatic nitrogens is 2. The van der Waals surface area contributed by atoms with Gasteiger partial charge in [0.1, 0.15) is 0 Å². The number of nitrogens with one attached hydrogen (secondary N) is 1. The van der Waals surface area contributed by atoms with Gasteiger partial charge < -0.3 is 9.84 Å². The van der Waals surface area contributed by atoms with E-state index in [2.05, 4.69) is 74.6 Å². The molecule has 2 heterocycles. The van der Waals surface area contributed by atoms with Crippen LogP contribution in [0.2, 0.25) is 0 Å². The summed E-state index contributed by atoms with van der Waals surface area (Å²) in [7, 11) is 0. The summed E-state index contributed by atoms with van der Waals surface area (Å²) < 4.78 is 5.79. The Kier molecular flexibility index (Phi) is 7.15. The molecule has 0 fully saturated rings. The number of urea groups is 1. The van der Waals surface area contributed by atoms with Crippen molar-refractivity contribution in [3.8, 4) is 11.4 Å². The lowest BCUT2D eigenvalue weighted by Crippen LogP contribution is -2.46. The fourth-order valence-corrected chi connectivity index (χ4v) is 4.25. The summed E-state index contributed by atoms with van der Waals surface area (Å²) in [5.41, 5.74) is 6.11. The van der Waals surface area contributed by atoms with Gasteiger partial charge in [0.15, 0.2) is 0 Å². The van der Waals surface area contributed by atoms with E-state index < -0.39 is 0 Å². The van der Waals surface area contributed by atoms with Gasteiger partial charge in [-0.1, -0.05) is 81.4 Å². The summed E-state index contributed by atoms with van der Waals surface area (Å²) in [6.45, 7) is 11.2. The molecule has 1 aliphatic rings. The van der Waals surface area contributed by atoms with Gasteiger partial charge >= 0.3 is 6.03 Å². The van der Waals surface area contributed by atoms with Crippen LogP contribution in [-0.2, 0) is 12.8 Å². The number of carbonyl (C=O) groups is 1. The normalized spacial score (nSPS) is 16.4. The standard InChI is InChI=1S/C28H34N4O2/c1-6-20-8-12-22(13-9-20)25-24(19(5)32(28(33)29-25)17-16-18(3)4)27-30-26(31-34-27)23-14-10-21(7-2)11-15-23/h8-15,18,25H,6-7,16-17H2,1-5H3,(H,29,33). The second kappa shape index (κ2) is 10.2. The van der Waals surface area contributed by atoms with Gasteiger partial charge in [0, 0.05) is 17.8 Å². The predicted molar refractivity (Wildman–Crippen MR) is 135 cm³/mol. The van der Waals surface area contributed by atoms with Crippen molar-refractivity contribution in [3.63, 3.8) is 0 Å². The van der Waals surface area contributed by atoms with E-state index in [-0.39, 0.29) is 12.1 Å². The van der Waals surface area contributed by atoms with Gasteiger partial charge in [0.2, 0.25) is 5.82 Å². The zero-order valence-electron chi connectivity index (χ0n) is 20.8. The highest BCUT2D eigenvalue weighted by molar-refractivity contribution is 5.86. The van der Waals surface area contributed by atoms with E-state index in [9.17, 15) is 4.79 Å². The second-order valence-corrected chi connectivity index (χ2v) is 9.28. The Morgan fingerprint density at radius 3 is 2.21 bits per heavy atom. The summed E-state index contributed by atoms with van der Waals surface area (Å²) in [5.74, 6) is 1.47. The Labute approximate surface area is 202 Å². The Morgan fingerprint density at radius 1 is 1.00 bits per heavy atom. The third-order valence-electron chi connectivity index (χ3n) is 6.52. The maximum atomic E-state index is 13.1. The molecule has 0 saturated heterocycles. The smallest absolute Gasteiger partial charge is 0.322 e. The maximum absolute atomic E-state index is 13.1. The van der Waals surface area contributed by atoms with Crippen LogP contribution in [0.1, 0.15) is 69.7 Å². The molecule has 1 aliphatic heterocycles. The number of carbonyl (C=O) groups excluding carboxylic acids is 1. The topological polar surface area (TPSA) is 71.3 Å². The molecule has 0 bridgehead atoms. The first-order valence-corrected chi connectivity index (χ1v) is 12.2. The molecule has 6 nitrogen and oxygen atoms in total. The summed E-state index contributed by atoms with van der Waals surface area (Å²) in [5, 5.41) is 7.46. The number of aryl methyl sites for hydroxylation is 2. The van der Waals surface area contributed by atoms with E-state index in [0.29, 0.717) is 24.2 Å². The lowest BCUT2D eigenvalue weighted by molar-refractivity contribution is 0.202. The van der Waals surface area contributed by atoms with Gasteiger partial charge in [-0.05, 0) is 48.8 Å². The van der Waals surface area contributed by atoms with Crippen molar-refractivity contribution in [2.45, 2.75) is 59.9 Å². The number of amides is 2. The molecule has 34 heavy (non-hydrogen) atoms. The third kappa shape index (κ3) is 4.91. The Morgan fingerprint density at radius 2 is 1.62 bits per heavy atom. The van der Waals surface area contributed by atoms with E-state index in [1.165, 1.54) is 11.1 Å². The minimum Gasteiger partial charge on any atom is -0.334 e. The van der Waals surface area contributed by atoms with Crippen molar-refractivity contribution in [1.82, 2.24) is 20.4 Å². The molecule has 0 aliphatic carbocycles. The molecule has 1 N–H and O–H groups in total. The molecule has 0 radical (unpaired) electrons. The quantitative estimate of drug-likeness (QED) is 0.424. The second-order valence-electron chi connectivity index (χ2n) is 9.28. The average molecular weight is 459 g/mol. The minimum atomic E-state index is -0.357. The van der Waals surface area contributed by atoms with Gasteiger partial charge in [-0.3, -0.25) is 4.90 Å². The summed E-state index contributed by atoms with van der Waals surface area (Å²) in [6, 6.07) is 16.1. The van der Waals surface area contributed by atoms with E-state index in [4.69, 9.17) is 9.51 Å². The molecule has 2 amide bonds. The number of benzene rings is 2. The molecule has 6 heteroatoms. The highest BCUT2D eigenvalue weighted by Crippen LogP contribution is 2.37. The van der Waals surface area contributed by atoms with E-state index in [1.54, 1.807) is 4.90 Å². The van der Waals surface area contributed by atoms with Crippen LogP contribution in [0.4, 0.5) is 4.79 Å². The molecule has 1 atom stereocenters. The zero-order chi connectivity index (χ0) is 24.2. The van der Waals surface area contributed by atoms with E-state index >= 15 is 0 Å². The SMILES string of the molecule is CCc1ccc(-c2noc(C3=C(C)N(CCC(C)C)C(=O)NC3c3ccc(CC)cc3)n2)cc1. The summed E-state index contributed by atoms with van der Waals surface area (Å²) in [6.07, 6.45) is 2.85. The number of nitrogens with zero attached hydrogens (tertiary/aromatic N) is 3. The molecule has 0 spiro atoms. The van der Waals surface area contributed by atoms with Gasteiger partial charge in [0.05, 0.1) is 11.6 Å². The molecular weight excluding hydrogens is 424 g/mol. The van der Waals surface area contributed by atoms with Gasteiger partial charge in [0.25, 0.3) is 5.89 Å². The van der Waals surface area contributed by atoms with Crippen LogP contribution < -0.4 is 5.32 Å². The highest BCUT2D eigenvalue weighted by atomic mass is 16.5. The molecule has 178 valence electrons. The zero-order valence-corrected chi connectivity index (χ0v) is 20.8. The number of hydrogen-bond acceptors (Lipinski definition) is 4. The fraction of sp³-hybridized carbons (Fsp3) is 0.393. The van der Waals surface area contributed by atoms with Gasteiger partial charge in [-0.2, -0.15) is 4.98 Å². The maximum Gasteiger partial charge on any atom is 0.322 e. The summed E-state index contributed by atoms with van der Waals surface area (Å²) in [4.78, 5) is 19.7. The number of allylic oxidation sites excluding steroid dienone is 1. The van der Waals surface area contributed by atoms with Crippen molar-refractivity contribution in [1.29, 1.82) is 0 Å². The largest absolute Gasteiger partial charge is 0.334 e. The molecule has 2 aromatic carbocycles. The molecule has 0 saturated carbocycles. The lowest BCUT2D eigenvalue weighted by Gasteiger charge is -2.35. The Hall–Kier alpha value is -3.41. The van der Waals surface area contributed by atoms with Crippen LogP contribution in [0.15, 0.2) is 58.8 Å². The Balaban J connectivity index is 1.75. The molecule has 1 unspecified atom stereocenters. The van der Waals surface area contributed by atoms with Crippen molar-refractivity contribution in [2.75, 3.05) is 6.54 Å². The van der Waals surface area contributed by atoms with Crippen LogP contribution in [0.25, 0.3) is 17.0 Å². The van der Waals surface area contributed by atoms with Crippen LogP contribution >= 0.6 is 0 Å². The third-order valence-corrected chi connectivity index (χ3v) is 6.52. The van der Waals surface area contributed by atoms with Crippen LogP contribution in [0.5, 0.6) is 0 Å². The highest BCUT2D eigenvalue weighted by Gasteiger charge is 2.35. The van der Waals surface area contributed by atoms with Crippen LogP contribution in [0, 0.1) is 5.92 Å². The first-order valence-electron chi connectivity index (χ1n) is 12.2. The van der Waals surface area contributed by atoms with E-state index in [0.717, 1.165) is 41.7 Å². The average Bonchev–Trinajstić information content (AvgIpc) is 3.33. The lowest BCUT2D eigenvalue weighted by atomic mass is 9.93. The molecular formula is C28H34N4O2. The van der Waals surface area contributed by atoms with Crippen LogP contribution in [-0.4, -0.2) is 27.6 Å². The predicted octanol–water partition coefficient (Wildman–Crippen LogP) is 6.41. The first kappa shape index (κ1) is 23.7. The van der Waals surface area contributed by atoms with Crippen LogP contribution in [0.3, 0.4) is 0 Å². The number of rotatable bonds is 8. The Bertz CT molecular complexity index is 1160. The summed E-state index contributed by atoms with van der Waals surface area (Å²) >= 11 is 0. The minimum absolute atomic E-state index is 0.0960. The van der Waals surface area contributed by atoms with Crippen molar-refractivity contribution in [3.05, 3.63) is 76.8 Å². The molecule has 1 aromatic heterocycles. The van der Waals surface area contributed by atoms with E-state index in [1.807, 2.05) is 19.1 Å². The van der Waals surface area contributed by atoms with Gasteiger partial charge in [-0.25, -0.2) is 4.79 Å². The van der Waals surface area contributed by atoms with Crippen molar-refractivity contribution in [2.24, 2.45) is 5.92 Å². The number of hydrogen-bond donors (Lipinski definition) is 1. The fourth-order valence-electron chi connectivity index (χ4n) is 4.25. The first-order chi connectivity index (χ1) is 16.4. The molecule has 3 aromatic rings. The van der Waals surface area contributed by atoms with Crippen molar-refractivity contribution >= 4 is 11.6 Å².